The average Bonchev–Trinajstić information content (AvgIpc) is 2.53. The normalized spacial score (nSPS) is 22.0. The first-order chi connectivity index (χ1) is 10.2. The van der Waals surface area contributed by atoms with Gasteiger partial charge in [0.15, 0.2) is 0 Å². The number of rotatable bonds is 3. The number of anilines is 1. The van der Waals surface area contributed by atoms with Crippen molar-refractivity contribution in [1.82, 2.24) is 4.98 Å². The minimum absolute atomic E-state index is 0.512. The Morgan fingerprint density at radius 3 is 2.48 bits per heavy atom. The van der Waals surface area contributed by atoms with Crippen LogP contribution in [0, 0.1) is 0 Å². The van der Waals surface area contributed by atoms with Crippen molar-refractivity contribution in [2.75, 3.05) is 5.32 Å². The van der Waals surface area contributed by atoms with Crippen LogP contribution in [-0.2, 0) is 0 Å². The third-order valence-electron chi connectivity index (χ3n) is 4.20. The molecular weight excluding hydrogens is 348 g/mol. The number of halogens is 2. The zero-order valence-electron chi connectivity index (χ0n) is 11.7. The molecule has 1 aliphatic rings. The Bertz CT molecular complexity index is 595. The van der Waals surface area contributed by atoms with Gasteiger partial charge in [0, 0.05) is 12.2 Å². The maximum atomic E-state index is 6.04. The molecule has 0 bridgehead atoms. The molecule has 1 aromatic heterocycles. The molecule has 1 heterocycles. The molecule has 4 heteroatoms. The van der Waals surface area contributed by atoms with Crippen LogP contribution in [0.3, 0.4) is 0 Å². The third kappa shape index (κ3) is 3.58. The maximum Gasteiger partial charge on any atom is 0.145 e. The van der Waals surface area contributed by atoms with Gasteiger partial charge in [0.1, 0.15) is 5.15 Å². The SMILES string of the molecule is Clc1nccc(N[C@H]2CC[C@H](c3ccccc3)CC2)c1Br. The van der Waals surface area contributed by atoms with Gasteiger partial charge in [0.2, 0.25) is 0 Å². The molecule has 1 fully saturated rings. The Kier molecular flexibility index (Phi) is 4.81. The Morgan fingerprint density at radius 2 is 1.76 bits per heavy atom. The lowest BCUT2D eigenvalue weighted by Gasteiger charge is -2.30. The Balaban J connectivity index is 1.60. The summed E-state index contributed by atoms with van der Waals surface area (Å²) in [4.78, 5) is 4.06. The van der Waals surface area contributed by atoms with E-state index in [0.717, 1.165) is 10.2 Å². The maximum absolute atomic E-state index is 6.04. The Morgan fingerprint density at radius 1 is 1.05 bits per heavy atom. The van der Waals surface area contributed by atoms with Crippen molar-refractivity contribution in [1.29, 1.82) is 0 Å². The van der Waals surface area contributed by atoms with Gasteiger partial charge < -0.3 is 5.32 Å². The van der Waals surface area contributed by atoms with Gasteiger partial charge in [-0.05, 0) is 59.2 Å². The molecule has 0 spiro atoms. The molecular formula is C17H18BrClN2. The van der Waals surface area contributed by atoms with Gasteiger partial charge in [-0.25, -0.2) is 4.98 Å². The zero-order valence-corrected chi connectivity index (χ0v) is 14.1. The summed E-state index contributed by atoms with van der Waals surface area (Å²) in [6.07, 6.45) is 6.58. The zero-order chi connectivity index (χ0) is 14.7. The minimum atomic E-state index is 0.512. The average molecular weight is 366 g/mol. The van der Waals surface area contributed by atoms with Gasteiger partial charge in [0.25, 0.3) is 0 Å². The van der Waals surface area contributed by atoms with Crippen molar-refractivity contribution in [3.63, 3.8) is 0 Å². The van der Waals surface area contributed by atoms with Gasteiger partial charge in [0.05, 0.1) is 10.2 Å². The van der Waals surface area contributed by atoms with Crippen molar-refractivity contribution in [3.8, 4) is 0 Å². The van der Waals surface area contributed by atoms with Gasteiger partial charge in [-0.3, -0.25) is 0 Å². The van der Waals surface area contributed by atoms with E-state index in [0.29, 0.717) is 17.1 Å². The number of nitrogens with zero attached hydrogens (tertiary/aromatic N) is 1. The first kappa shape index (κ1) is 14.9. The molecule has 1 aromatic carbocycles. The van der Waals surface area contributed by atoms with E-state index in [1.165, 1.54) is 31.2 Å². The summed E-state index contributed by atoms with van der Waals surface area (Å²) in [6.45, 7) is 0. The molecule has 21 heavy (non-hydrogen) atoms. The molecule has 0 saturated heterocycles. The lowest BCUT2D eigenvalue weighted by atomic mass is 9.82. The van der Waals surface area contributed by atoms with Crippen LogP contribution < -0.4 is 5.32 Å². The molecule has 0 radical (unpaired) electrons. The highest BCUT2D eigenvalue weighted by Gasteiger charge is 2.22. The molecule has 110 valence electrons. The monoisotopic (exact) mass is 364 g/mol. The molecule has 1 saturated carbocycles. The standard InChI is InChI=1S/C17H18BrClN2/c18-16-15(10-11-20-17(16)19)21-14-8-6-13(7-9-14)12-4-2-1-3-5-12/h1-5,10-11,13-14H,6-9H2,(H,20,21)/t13-,14-. The molecule has 2 aromatic rings. The Hall–Kier alpha value is -1.06. The quantitative estimate of drug-likeness (QED) is 0.712. The van der Waals surface area contributed by atoms with E-state index >= 15 is 0 Å². The van der Waals surface area contributed by atoms with E-state index in [-0.39, 0.29) is 0 Å². The second-order valence-electron chi connectivity index (χ2n) is 5.57. The number of nitrogens with one attached hydrogen (secondary N) is 1. The van der Waals surface area contributed by atoms with Gasteiger partial charge in [-0.1, -0.05) is 41.9 Å². The molecule has 0 unspecified atom stereocenters. The molecule has 0 amide bonds. The van der Waals surface area contributed by atoms with Gasteiger partial charge >= 0.3 is 0 Å². The number of aromatic nitrogens is 1. The van der Waals surface area contributed by atoms with Crippen LogP contribution in [0.1, 0.15) is 37.2 Å². The van der Waals surface area contributed by atoms with Crippen molar-refractivity contribution < 1.29 is 0 Å². The molecule has 2 nitrogen and oxygen atoms in total. The van der Waals surface area contributed by atoms with E-state index in [2.05, 4.69) is 56.6 Å². The summed E-state index contributed by atoms with van der Waals surface area (Å²) in [5.41, 5.74) is 2.52. The van der Waals surface area contributed by atoms with Crippen molar-refractivity contribution in [3.05, 3.63) is 57.8 Å². The van der Waals surface area contributed by atoms with Crippen molar-refractivity contribution in [2.45, 2.75) is 37.6 Å². The van der Waals surface area contributed by atoms with Crippen molar-refractivity contribution in [2.24, 2.45) is 0 Å². The molecule has 0 aliphatic heterocycles. The van der Waals surface area contributed by atoms with Crippen LogP contribution >= 0.6 is 27.5 Å². The summed E-state index contributed by atoms with van der Waals surface area (Å²) in [6, 6.07) is 13.3. The van der Waals surface area contributed by atoms with Crippen LogP contribution in [0.2, 0.25) is 5.15 Å². The highest BCUT2D eigenvalue weighted by molar-refractivity contribution is 9.10. The number of hydrogen-bond acceptors (Lipinski definition) is 2. The highest BCUT2D eigenvalue weighted by Crippen LogP contribution is 2.35. The first-order valence-electron chi connectivity index (χ1n) is 7.35. The number of pyridine rings is 1. The summed E-state index contributed by atoms with van der Waals surface area (Å²) in [5.74, 6) is 0.703. The second kappa shape index (κ2) is 6.80. The fourth-order valence-electron chi connectivity index (χ4n) is 3.05. The third-order valence-corrected chi connectivity index (χ3v) is 5.52. The summed E-state index contributed by atoms with van der Waals surface area (Å²) in [7, 11) is 0. The van der Waals surface area contributed by atoms with Gasteiger partial charge in [-0.15, -0.1) is 0 Å². The number of hydrogen-bond donors (Lipinski definition) is 1. The van der Waals surface area contributed by atoms with E-state index in [4.69, 9.17) is 11.6 Å². The molecule has 0 atom stereocenters. The molecule has 3 rings (SSSR count). The second-order valence-corrected chi connectivity index (χ2v) is 6.72. The molecule has 1 aliphatic carbocycles. The number of benzene rings is 1. The summed E-state index contributed by atoms with van der Waals surface area (Å²) in [5, 5.41) is 4.10. The van der Waals surface area contributed by atoms with Crippen molar-refractivity contribution >= 4 is 33.2 Å². The summed E-state index contributed by atoms with van der Waals surface area (Å²) >= 11 is 9.54. The predicted molar refractivity (Wildman–Crippen MR) is 92.0 cm³/mol. The molecule has 1 N–H and O–H groups in total. The largest absolute Gasteiger partial charge is 0.381 e. The van der Waals surface area contributed by atoms with E-state index in [1.807, 2.05) is 6.07 Å². The van der Waals surface area contributed by atoms with Gasteiger partial charge in [-0.2, -0.15) is 0 Å². The van der Waals surface area contributed by atoms with Crippen LogP contribution in [-0.4, -0.2) is 11.0 Å². The lowest BCUT2D eigenvalue weighted by Crippen LogP contribution is -2.25. The fraction of sp³-hybridized carbons (Fsp3) is 0.353. The lowest BCUT2D eigenvalue weighted by molar-refractivity contribution is 0.412. The van der Waals surface area contributed by atoms with Crippen LogP contribution in [0.25, 0.3) is 0 Å². The minimum Gasteiger partial charge on any atom is -0.381 e. The van der Waals surface area contributed by atoms with Crippen LogP contribution in [0.4, 0.5) is 5.69 Å². The van der Waals surface area contributed by atoms with E-state index in [9.17, 15) is 0 Å². The Labute approximate surface area is 139 Å². The van der Waals surface area contributed by atoms with E-state index in [1.54, 1.807) is 6.20 Å². The van der Waals surface area contributed by atoms with Crippen LogP contribution in [0.5, 0.6) is 0 Å². The van der Waals surface area contributed by atoms with Crippen LogP contribution in [0.15, 0.2) is 47.1 Å². The van der Waals surface area contributed by atoms with E-state index < -0.39 is 0 Å². The fourth-order valence-corrected chi connectivity index (χ4v) is 3.55. The first-order valence-corrected chi connectivity index (χ1v) is 8.52. The smallest absolute Gasteiger partial charge is 0.145 e. The summed E-state index contributed by atoms with van der Waals surface area (Å²) < 4.78 is 0.858. The highest BCUT2D eigenvalue weighted by atomic mass is 79.9. The predicted octanol–water partition coefficient (Wildman–Crippen LogP) is 5.64. The topological polar surface area (TPSA) is 24.9 Å².